The molecular weight excluding hydrogens is 364 g/mol. The Bertz CT molecular complexity index is 1020. The zero-order chi connectivity index (χ0) is 19.7. The minimum Gasteiger partial charge on any atom is -0.465 e. The van der Waals surface area contributed by atoms with E-state index in [2.05, 4.69) is 37.1 Å². The largest absolute Gasteiger partial charge is 0.465 e. The van der Waals surface area contributed by atoms with Crippen molar-refractivity contribution in [3.63, 3.8) is 0 Å². The lowest BCUT2D eigenvalue weighted by Crippen LogP contribution is -2.14. The van der Waals surface area contributed by atoms with Crippen molar-refractivity contribution in [2.75, 3.05) is 12.4 Å². The number of hydrogen-bond donors (Lipinski definition) is 1. The second kappa shape index (κ2) is 7.52. The van der Waals surface area contributed by atoms with E-state index in [9.17, 15) is 9.59 Å². The molecule has 0 saturated carbocycles. The van der Waals surface area contributed by atoms with Crippen LogP contribution >= 0.6 is 11.3 Å². The minimum atomic E-state index is -0.456. The van der Waals surface area contributed by atoms with Crippen molar-refractivity contribution in [1.29, 1.82) is 0 Å². The van der Waals surface area contributed by atoms with Crippen LogP contribution < -0.4 is 5.32 Å². The predicted molar refractivity (Wildman–Crippen MR) is 106 cm³/mol. The maximum Gasteiger partial charge on any atom is 0.350 e. The minimum absolute atomic E-state index is 0.166. The average molecular weight is 386 g/mol. The number of amides is 1. The Hall–Kier alpha value is -2.67. The highest BCUT2D eigenvalue weighted by atomic mass is 32.1. The van der Waals surface area contributed by atoms with Gasteiger partial charge in [0.15, 0.2) is 5.13 Å². The van der Waals surface area contributed by atoms with Crippen LogP contribution in [0.2, 0.25) is 0 Å². The van der Waals surface area contributed by atoms with Crippen LogP contribution in [0.1, 0.15) is 51.8 Å². The zero-order valence-electron chi connectivity index (χ0n) is 16.0. The van der Waals surface area contributed by atoms with Gasteiger partial charge in [-0.2, -0.15) is 0 Å². The van der Waals surface area contributed by atoms with Crippen molar-refractivity contribution in [3.8, 4) is 0 Å². The van der Waals surface area contributed by atoms with Crippen molar-refractivity contribution in [3.05, 3.63) is 45.7 Å². The SMILES string of the molecule is COC(=O)c1sc(NC(=O)Cc2coc3cc(C)c(C(C)C)cc23)nc1C. The number of benzene rings is 1. The third-order valence-corrected chi connectivity index (χ3v) is 5.48. The lowest BCUT2D eigenvalue weighted by Gasteiger charge is -2.09. The number of hydrogen-bond acceptors (Lipinski definition) is 6. The number of carbonyl (C=O) groups excluding carboxylic acids is 2. The zero-order valence-corrected chi connectivity index (χ0v) is 16.8. The molecule has 3 aromatic rings. The Morgan fingerprint density at radius 1 is 1.30 bits per heavy atom. The van der Waals surface area contributed by atoms with E-state index in [1.165, 1.54) is 18.2 Å². The van der Waals surface area contributed by atoms with Gasteiger partial charge in [-0.05, 0) is 43.0 Å². The molecule has 7 heteroatoms. The number of thiazole rings is 1. The van der Waals surface area contributed by atoms with E-state index in [1.54, 1.807) is 13.2 Å². The summed E-state index contributed by atoms with van der Waals surface area (Å²) in [4.78, 5) is 28.8. The standard InChI is InChI=1S/C20H22N2O4S/c1-10(2)14-8-15-13(9-26-16(15)6-11(14)3)7-17(23)22-20-21-12(4)18(27-20)19(24)25-5/h6,8-10H,7H2,1-5H3,(H,21,22,23). The van der Waals surface area contributed by atoms with Crippen LogP contribution in [0.15, 0.2) is 22.8 Å². The van der Waals surface area contributed by atoms with Crippen LogP contribution in [0.4, 0.5) is 5.13 Å². The molecule has 0 aliphatic carbocycles. The second-order valence-electron chi connectivity index (χ2n) is 6.77. The van der Waals surface area contributed by atoms with Crippen LogP contribution in [-0.2, 0) is 16.0 Å². The van der Waals surface area contributed by atoms with Crippen molar-refractivity contribution in [2.24, 2.45) is 0 Å². The predicted octanol–water partition coefficient (Wildman–Crippen LogP) is 4.60. The normalized spacial score (nSPS) is 11.2. The maximum absolute atomic E-state index is 12.5. The van der Waals surface area contributed by atoms with E-state index in [4.69, 9.17) is 9.15 Å². The van der Waals surface area contributed by atoms with Gasteiger partial charge < -0.3 is 14.5 Å². The molecule has 1 N–H and O–H groups in total. The van der Waals surface area contributed by atoms with Crippen molar-refractivity contribution < 1.29 is 18.7 Å². The average Bonchev–Trinajstić information content (AvgIpc) is 3.16. The maximum atomic E-state index is 12.5. The van der Waals surface area contributed by atoms with E-state index in [0.717, 1.165) is 27.9 Å². The molecule has 0 bridgehead atoms. The lowest BCUT2D eigenvalue weighted by molar-refractivity contribution is -0.115. The topological polar surface area (TPSA) is 81.4 Å². The first-order valence-electron chi connectivity index (χ1n) is 8.66. The molecular formula is C20H22N2O4S. The number of rotatable bonds is 5. The second-order valence-corrected chi connectivity index (χ2v) is 7.77. The summed E-state index contributed by atoms with van der Waals surface area (Å²) >= 11 is 1.10. The Labute approximate surface area is 161 Å². The molecule has 0 saturated heterocycles. The number of esters is 1. The van der Waals surface area contributed by atoms with E-state index in [0.29, 0.717) is 21.6 Å². The molecule has 3 rings (SSSR count). The summed E-state index contributed by atoms with van der Waals surface area (Å²) in [5.74, 6) is -0.279. The molecule has 2 aromatic heterocycles. The van der Waals surface area contributed by atoms with Crippen LogP contribution in [0.3, 0.4) is 0 Å². The summed E-state index contributed by atoms with van der Waals surface area (Å²) in [6, 6.07) is 4.11. The van der Waals surface area contributed by atoms with Gasteiger partial charge in [-0.3, -0.25) is 4.79 Å². The van der Waals surface area contributed by atoms with Gasteiger partial charge >= 0.3 is 5.97 Å². The van der Waals surface area contributed by atoms with E-state index in [1.807, 2.05) is 6.07 Å². The fourth-order valence-electron chi connectivity index (χ4n) is 3.07. The number of methoxy groups -OCH3 is 1. The molecule has 0 radical (unpaired) electrons. The first kappa shape index (κ1) is 19.1. The number of ether oxygens (including phenoxy) is 1. The molecule has 6 nitrogen and oxygen atoms in total. The Morgan fingerprint density at radius 2 is 2.04 bits per heavy atom. The molecule has 2 heterocycles. The van der Waals surface area contributed by atoms with E-state index < -0.39 is 5.97 Å². The molecule has 142 valence electrons. The van der Waals surface area contributed by atoms with Crippen molar-refractivity contribution >= 4 is 39.3 Å². The third kappa shape index (κ3) is 3.88. The van der Waals surface area contributed by atoms with Gasteiger partial charge in [0.1, 0.15) is 10.5 Å². The van der Waals surface area contributed by atoms with Gasteiger partial charge in [-0.25, -0.2) is 9.78 Å². The van der Waals surface area contributed by atoms with Crippen LogP contribution in [0.25, 0.3) is 11.0 Å². The van der Waals surface area contributed by atoms with Gasteiger partial charge in [0.05, 0.1) is 25.5 Å². The Balaban J connectivity index is 1.80. The van der Waals surface area contributed by atoms with Crippen LogP contribution in [-0.4, -0.2) is 24.0 Å². The Kier molecular flexibility index (Phi) is 5.32. The molecule has 0 aliphatic heterocycles. The molecule has 27 heavy (non-hydrogen) atoms. The highest BCUT2D eigenvalue weighted by Crippen LogP contribution is 2.29. The number of fused-ring (bicyclic) bond motifs is 1. The number of anilines is 1. The van der Waals surface area contributed by atoms with Crippen LogP contribution in [0, 0.1) is 13.8 Å². The lowest BCUT2D eigenvalue weighted by atomic mass is 9.95. The number of aromatic nitrogens is 1. The van der Waals surface area contributed by atoms with Crippen LogP contribution in [0.5, 0.6) is 0 Å². The first-order valence-corrected chi connectivity index (χ1v) is 9.48. The molecule has 0 aliphatic rings. The van der Waals surface area contributed by atoms with E-state index in [-0.39, 0.29) is 12.3 Å². The first-order chi connectivity index (χ1) is 12.8. The number of nitrogens with zero attached hydrogens (tertiary/aromatic N) is 1. The van der Waals surface area contributed by atoms with Gasteiger partial charge in [0, 0.05) is 10.9 Å². The summed E-state index contributed by atoms with van der Waals surface area (Å²) in [5.41, 5.74) is 4.55. The highest BCUT2D eigenvalue weighted by Gasteiger charge is 2.18. The number of furan rings is 1. The molecule has 1 amide bonds. The quantitative estimate of drug-likeness (QED) is 0.648. The molecule has 0 spiro atoms. The monoisotopic (exact) mass is 386 g/mol. The summed E-state index contributed by atoms with van der Waals surface area (Å²) in [5, 5.41) is 4.08. The number of carbonyl (C=O) groups is 2. The Morgan fingerprint density at radius 3 is 2.70 bits per heavy atom. The number of aryl methyl sites for hydroxylation is 2. The molecule has 1 aromatic carbocycles. The number of nitrogens with one attached hydrogen (secondary N) is 1. The third-order valence-electron chi connectivity index (χ3n) is 4.43. The fraction of sp³-hybridized carbons (Fsp3) is 0.350. The summed E-state index contributed by atoms with van der Waals surface area (Å²) in [6.07, 6.45) is 1.79. The van der Waals surface area contributed by atoms with Gasteiger partial charge in [0.2, 0.25) is 5.91 Å². The van der Waals surface area contributed by atoms with E-state index >= 15 is 0 Å². The molecule has 0 unspecified atom stereocenters. The van der Waals surface area contributed by atoms with Gasteiger partial charge in [-0.15, -0.1) is 0 Å². The van der Waals surface area contributed by atoms with Gasteiger partial charge in [-0.1, -0.05) is 25.2 Å². The summed E-state index contributed by atoms with van der Waals surface area (Å²) < 4.78 is 10.3. The highest BCUT2D eigenvalue weighted by molar-refractivity contribution is 7.17. The molecule has 0 fully saturated rings. The molecule has 0 atom stereocenters. The fourth-order valence-corrected chi connectivity index (χ4v) is 3.97. The summed E-state index contributed by atoms with van der Waals surface area (Å²) in [6.45, 7) is 8.06. The smallest absolute Gasteiger partial charge is 0.350 e. The van der Waals surface area contributed by atoms with Crippen molar-refractivity contribution in [1.82, 2.24) is 4.98 Å². The summed E-state index contributed by atoms with van der Waals surface area (Å²) in [7, 11) is 1.32. The van der Waals surface area contributed by atoms with Crippen molar-refractivity contribution in [2.45, 2.75) is 40.0 Å². The van der Waals surface area contributed by atoms with Gasteiger partial charge in [0.25, 0.3) is 0 Å².